The summed E-state index contributed by atoms with van der Waals surface area (Å²) >= 11 is 0. The molecule has 1 aromatic carbocycles. The van der Waals surface area contributed by atoms with Crippen LogP contribution in [0, 0.1) is 0 Å². The van der Waals surface area contributed by atoms with E-state index in [1.165, 1.54) is 5.56 Å². The van der Waals surface area contributed by atoms with Gasteiger partial charge in [0, 0.05) is 5.69 Å². The molecule has 0 bridgehead atoms. The average Bonchev–Trinajstić information content (AvgIpc) is 3.01. The van der Waals surface area contributed by atoms with Crippen molar-refractivity contribution in [2.45, 2.75) is 25.8 Å². The van der Waals surface area contributed by atoms with E-state index < -0.39 is 0 Å². The molecule has 1 atom stereocenters. The van der Waals surface area contributed by atoms with Crippen molar-refractivity contribution in [1.29, 1.82) is 0 Å². The minimum absolute atomic E-state index is 0.0624. The third-order valence-corrected chi connectivity index (χ3v) is 3.76. The Hall–Kier alpha value is -2.27. The molecule has 23 heavy (non-hydrogen) atoms. The Morgan fingerprint density at radius 1 is 1.26 bits per heavy atom. The minimum atomic E-state index is 0.0624. The first-order chi connectivity index (χ1) is 11.0. The van der Waals surface area contributed by atoms with Crippen molar-refractivity contribution in [2.75, 3.05) is 26.0 Å². The van der Waals surface area contributed by atoms with E-state index in [1.54, 1.807) is 6.26 Å². The zero-order chi connectivity index (χ0) is 16.8. The predicted molar refractivity (Wildman–Crippen MR) is 95.8 cm³/mol. The lowest BCUT2D eigenvalue weighted by molar-refractivity contribution is 0.265. The van der Waals surface area contributed by atoms with Crippen molar-refractivity contribution < 1.29 is 4.42 Å². The van der Waals surface area contributed by atoms with E-state index in [-0.39, 0.29) is 6.04 Å². The average molecular weight is 314 g/mol. The second-order valence-corrected chi connectivity index (χ2v) is 6.13. The minimum Gasteiger partial charge on any atom is -0.468 e. The molecule has 5 heteroatoms. The highest BCUT2D eigenvalue weighted by atomic mass is 16.3. The lowest BCUT2D eigenvalue weighted by atomic mass is 10.0. The van der Waals surface area contributed by atoms with Crippen LogP contribution in [0.5, 0.6) is 0 Å². The number of nitrogens with one attached hydrogen (secondary N) is 1. The van der Waals surface area contributed by atoms with Crippen LogP contribution in [0.4, 0.5) is 5.69 Å². The maximum Gasteiger partial charge on any atom is 0.193 e. The van der Waals surface area contributed by atoms with Gasteiger partial charge >= 0.3 is 0 Å². The zero-order valence-electron chi connectivity index (χ0n) is 14.3. The Kier molecular flexibility index (Phi) is 5.82. The van der Waals surface area contributed by atoms with Crippen molar-refractivity contribution >= 4 is 11.6 Å². The first-order valence-electron chi connectivity index (χ1n) is 7.84. The van der Waals surface area contributed by atoms with Crippen LogP contribution in [-0.4, -0.2) is 31.5 Å². The quantitative estimate of drug-likeness (QED) is 0.633. The summed E-state index contributed by atoms with van der Waals surface area (Å²) in [4.78, 5) is 6.52. The van der Waals surface area contributed by atoms with E-state index >= 15 is 0 Å². The lowest BCUT2D eigenvalue weighted by Crippen LogP contribution is -2.27. The van der Waals surface area contributed by atoms with E-state index in [0.717, 1.165) is 11.4 Å². The fourth-order valence-electron chi connectivity index (χ4n) is 2.34. The van der Waals surface area contributed by atoms with Crippen LogP contribution < -0.4 is 11.1 Å². The summed E-state index contributed by atoms with van der Waals surface area (Å²) in [6.07, 6.45) is 1.68. The van der Waals surface area contributed by atoms with Crippen LogP contribution in [-0.2, 0) is 0 Å². The van der Waals surface area contributed by atoms with Gasteiger partial charge in [-0.25, -0.2) is 0 Å². The second kappa shape index (κ2) is 7.83. The third kappa shape index (κ3) is 4.86. The highest BCUT2D eigenvalue weighted by molar-refractivity contribution is 5.92. The van der Waals surface area contributed by atoms with Gasteiger partial charge in [-0.15, -0.1) is 0 Å². The van der Waals surface area contributed by atoms with Gasteiger partial charge in [0.15, 0.2) is 5.96 Å². The smallest absolute Gasteiger partial charge is 0.193 e. The molecule has 0 saturated carbocycles. The fraction of sp³-hybridized carbons (Fsp3) is 0.389. The normalized spacial score (nSPS) is 13.6. The van der Waals surface area contributed by atoms with Crippen LogP contribution >= 0.6 is 0 Å². The van der Waals surface area contributed by atoms with Gasteiger partial charge < -0.3 is 15.5 Å². The molecule has 0 aliphatic heterocycles. The van der Waals surface area contributed by atoms with E-state index in [0.29, 0.717) is 18.4 Å². The van der Waals surface area contributed by atoms with Crippen molar-refractivity contribution in [3.8, 4) is 0 Å². The predicted octanol–water partition coefficient (Wildman–Crippen LogP) is 3.43. The molecule has 1 aromatic heterocycles. The van der Waals surface area contributed by atoms with Crippen LogP contribution in [0.25, 0.3) is 0 Å². The fourth-order valence-corrected chi connectivity index (χ4v) is 2.34. The topological polar surface area (TPSA) is 66.8 Å². The van der Waals surface area contributed by atoms with E-state index in [2.05, 4.69) is 41.2 Å². The van der Waals surface area contributed by atoms with Crippen molar-refractivity contribution in [3.05, 3.63) is 54.0 Å². The number of benzene rings is 1. The van der Waals surface area contributed by atoms with Gasteiger partial charge in [-0.05, 0) is 49.8 Å². The molecule has 1 heterocycles. The number of hydrogen-bond donors (Lipinski definition) is 2. The maximum absolute atomic E-state index is 6.02. The highest BCUT2D eigenvalue weighted by Gasteiger charge is 2.16. The molecule has 1 unspecified atom stereocenters. The number of furan rings is 1. The van der Waals surface area contributed by atoms with Gasteiger partial charge in [-0.1, -0.05) is 26.0 Å². The molecule has 5 nitrogen and oxygen atoms in total. The van der Waals surface area contributed by atoms with Crippen molar-refractivity contribution in [2.24, 2.45) is 10.7 Å². The maximum atomic E-state index is 6.02. The number of nitrogens with two attached hydrogens (primary N) is 1. The van der Waals surface area contributed by atoms with Gasteiger partial charge in [-0.3, -0.25) is 9.89 Å². The van der Waals surface area contributed by atoms with Gasteiger partial charge in [0.05, 0.1) is 18.8 Å². The third-order valence-electron chi connectivity index (χ3n) is 3.76. The number of aliphatic imine (C=N–C) groups is 1. The molecule has 0 aliphatic carbocycles. The number of hydrogen-bond acceptors (Lipinski definition) is 3. The molecule has 0 radical (unpaired) electrons. The number of guanidine groups is 1. The molecule has 0 fully saturated rings. The summed E-state index contributed by atoms with van der Waals surface area (Å²) in [5.74, 6) is 1.77. The molecule has 0 saturated heterocycles. The summed E-state index contributed by atoms with van der Waals surface area (Å²) in [6.45, 7) is 4.87. The van der Waals surface area contributed by atoms with Crippen LogP contribution in [0.3, 0.4) is 0 Å². The molecule has 0 spiro atoms. The Morgan fingerprint density at radius 3 is 2.65 bits per heavy atom. The van der Waals surface area contributed by atoms with Gasteiger partial charge in [0.25, 0.3) is 0 Å². The molecular weight excluding hydrogens is 288 g/mol. The Labute approximate surface area is 138 Å². The lowest BCUT2D eigenvalue weighted by Gasteiger charge is -2.20. The Balaban J connectivity index is 2.03. The van der Waals surface area contributed by atoms with Crippen molar-refractivity contribution in [3.63, 3.8) is 0 Å². The summed E-state index contributed by atoms with van der Waals surface area (Å²) in [7, 11) is 4.00. The number of nitrogens with zero attached hydrogens (tertiary/aromatic N) is 2. The molecule has 3 N–H and O–H groups in total. The standard InChI is InChI=1S/C18H26N4O/c1-13(2)14-7-5-8-15(11-14)21-18(19)20-12-16(22(3)4)17-9-6-10-23-17/h5-11,13,16H,12H2,1-4H3,(H3,19,20,21). The summed E-state index contributed by atoms with van der Waals surface area (Å²) in [5.41, 5.74) is 8.25. The first-order valence-corrected chi connectivity index (χ1v) is 7.84. The van der Waals surface area contributed by atoms with Gasteiger partial charge in [0.2, 0.25) is 0 Å². The van der Waals surface area contributed by atoms with Gasteiger partial charge in [-0.2, -0.15) is 0 Å². The van der Waals surface area contributed by atoms with Crippen LogP contribution in [0.1, 0.15) is 37.1 Å². The highest BCUT2D eigenvalue weighted by Crippen LogP contribution is 2.20. The van der Waals surface area contributed by atoms with E-state index in [4.69, 9.17) is 10.2 Å². The molecule has 2 rings (SSSR count). The van der Waals surface area contributed by atoms with Gasteiger partial charge in [0.1, 0.15) is 5.76 Å². The largest absolute Gasteiger partial charge is 0.468 e. The van der Waals surface area contributed by atoms with Crippen molar-refractivity contribution in [1.82, 2.24) is 4.90 Å². The van der Waals surface area contributed by atoms with E-state index in [9.17, 15) is 0 Å². The summed E-state index contributed by atoms with van der Waals surface area (Å²) in [5, 5.41) is 3.16. The monoisotopic (exact) mass is 314 g/mol. The Morgan fingerprint density at radius 2 is 2.04 bits per heavy atom. The Bertz CT molecular complexity index is 632. The van der Waals surface area contributed by atoms with E-state index in [1.807, 2.05) is 38.4 Å². The van der Waals surface area contributed by atoms with Crippen LogP contribution in [0.15, 0.2) is 52.1 Å². The summed E-state index contributed by atoms with van der Waals surface area (Å²) in [6, 6.07) is 12.1. The molecule has 2 aromatic rings. The number of anilines is 1. The molecule has 0 amide bonds. The molecule has 124 valence electrons. The number of likely N-dealkylation sites (N-methyl/N-ethyl adjacent to an activating group) is 1. The number of rotatable bonds is 6. The van der Waals surface area contributed by atoms with Crippen LogP contribution in [0.2, 0.25) is 0 Å². The first kappa shape index (κ1) is 17.1. The SMILES string of the molecule is CC(C)c1cccc(NC(N)=NCC(c2ccco2)N(C)C)c1. The zero-order valence-corrected chi connectivity index (χ0v) is 14.3. The second-order valence-electron chi connectivity index (χ2n) is 6.13. The summed E-state index contributed by atoms with van der Waals surface area (Å²) < 4.78 is 5.48. The molecule has 0 aliphatic rings. The molecular formula is C18H26N4O.